The SMILES string of the molecule is O=C(NCCC#Cc1cc(F)cc(C(F)(F)F)c1)OCC1c2ccccc2-c2ccccc21. The highest BCUT2D eigenvalue weighted by molar-refractivity contribution is 5.79. The van der Waals surface area contributed by atoms with Gasteiger partial charge in [0.1, 0.15) is 12.4 Å². The fourth-order valence-corrected chi connectivity index (χ4v) is 3.87. The van der Waals surface area contributed by atoms with Crippen LogP contribution in [0.2, 0.25) is 0 Å². The second-order valence-electron chi connectivity index (χ2n) is 7.53. The summed E-state index contributed by atoms with van der Waals surface area (Å²) in [5.74, 6) is 4.06. The second kappa shape index (κ2) is 9.37. The number of amides is 1. The molecule has 4 rings (SSSR count). The van der Waals surface area contributed by atoms with Crippen molar-refractivity contribution in [2.75, 3.05) is 13.2 Å². The molecule has 3 aromatic rings. The van der Waals surface area contributed by atoms with Crippen LogP contribution in [0.25, 0.3) is 11.1 Å². The van der Waals surface area contributed by atoms with E-state index >= 15 is 0 Å². The maximum Gasteiger partial charge on any atom is 0.416 e. The number of nitrogens with one attached hydrogen (secondary N) is 1. The quantitative estimate of drug-likeness (QED) is 0.293. The Morgan fingerprint density at radius 2 is 1.61 bits per heavy atom. The molecule has 0 bridgehead atoms. The Morgan fingerprint density at radius 3 is 2.24 bits per heavy atom. The zero-order chi connectivity index (χ0) is 23.4. The molecule has 0 atom stereocenters. The topological polar surface area (TPSA) is 38.3 Å². The van der Waals surface area contributed by atoms with Crippen LogP contribution in [0.1, 0.15) is 34.6 Å². The Bertz CT molecular complexity index is 1200. The van der Waals surface area contributed by atoms with Crippen molar-refractivity contribution in [2.45, 2.75) is 18.5 Å². The van der Waals surface area contributed by atoms with Gasteiger partial charge in [-0.1, -0.05) is 60.4 Å². The molecule has 0 aliphatic heterocycles. The normalized spacial score (nSPS) is 12.4. The third-order valence-electron chi connectivity index (χ3n) is 5.32. The largest absolute Gasteiger partial charge is 0.449 e. The number of fused-ring (bicyclic) bond motifs is 3. The smallest absolute Gasteiger partial charge is 0.416 e. The van der Waals surface area contributed by atoms with Gasteiger partial charge < -0.3 is 10.1 Å². The molecule has 1 aliphatic rings. The lowest BCUT2D eigenvalue weighted by molar-refractivity contribution is -0.137. The number of benzene rings is 3. The molecule has 0 aromatic heterocycles. The van der Waals surface area contributed by atoms with E-state index in [1.54, 1.807) is 0 Å². The van der Waals surface area contributed by atoms with E-state index in [1.165, 1.54) is 0 Å². The summed E-state index contributed by atoms with van der Waals surface area (Å²) < 4.78 is 57.1. The first-order valence-corrected chi connectivity index (χ1v) is 10.3. The molecule has 1 aliphatic carbocycles. The van der Waals surface area contributed by atoms with Crippen molar-refractivity contribution < 1.29 is 27.1 Å². The Labute approximate surface area is 188 Å². The van der Waals surface area contributed by atoms with Crippen molar-refractivity contribution in [2.24, 2.45) is 0 Å². The Balaban J connectivity index is 1.29. The summed E-state index contributed by atoms with van der Waals surface area (Å²) in [6.07, 6.45) is -5.09. The van der Waals surface area contributed by atoms with Gasteiger partial charge >= 0.3 is 12.3 Å². The number of alkyl halides is 3. The molecule has 0 radical (unpaired) electrons. The fourth-order valence-electron chi connectivity index (χ4n) is 3.87. The summed E-state index contributed by atoms with van der Waals surface area (Å²) in [6, 6.07) is 18.1. The predicted octanol–water partition coefficient (Wildman–Crippen LogP) is 6.12. The molecule has 7 heteroatoms. The number of carbonyl (C=O) groups is 1. The molecular weight excluding hydrogens is 434 g/mol. The summed E-state index contributed by atoms with van der Waals surface area (Å²) in [5.41, 5.74) is 3.29. The van der Waals surface area contributed by atoms with Gasteiger partial charge in [0, 0.05) is 24.4 Å². The van der Waals surface area contributed by atoms with Crippen molar-refractivity contribution >= 4 is 6.09 Å². The van der Waals surface area contributed by atoms with Crippen LogP contribution in [0.4, 0.5) is 22.4 Å². The molecule has 0 saturated heterocycles. The molecule has 1 amide bonds. The molecule has 3 aromatic carbocycles. The summed E-state index contributed by atoms with van der Waals surface area (Å²) >= 11 is 0. The number of alkyl carbamates (subject to hydrolysis) is 1. The van der Waals surface area contributed by atoms with Gasteiger partial charge in [-0.05, 0) is 40.5 Å². The van der Waals surface area contributed by atoms with Gasteiger partial charge in [0.15, 0.2) is 0 Å². The Morgan fingerprint density at radius 1 is 0.970 bits per heavy atom. The lowest BCUT2D eigenvalue weighted by Crippen LogP contribution is -2.26. The lowest BCUT2D eigenvalue weighted by Gasteiger charge is -2.14. The van der Waals surface area contributed by atoms with E-state index in [9.17, 15) is 22.4 Å². The zero-order valence-corrected chi connectivity index (χ0v) is 17.4. The van der Waals surface area contributed by atoms with Crippen molar-refractivity contribution in [3.8, 4) is 23.0 Å². The first kappa shape index (κ1) is 22.4. The minimum Gasteiger partial charge on any atom is -0.449 e. The molecule has 0 unspecified atom stereocenters. The van der Waals surface area contributed by atoms with Crippen LogP contribution in [0.3, 0.4) is 0 Å². The maximum atomic E-state index is 13.4. The van der Waals surface area contributed by atoms with Gasteiger partial charge in [0.2, 0.25) is 0 Å². The van der Waals surface area contributed by atoms with Crippen LogP contribution in [-0.2, 0) is 10.9 Å². The molecule has 33 heavy (non-hydrogen) atoms. The number of halogens is 4. The van der Waals surface area contributed by atoms with Crippen molar-refractivity contribution in [3.63, 3.8) is 0 Å². The summed E-state index contributed by atoms with van der Waals surface area (Å²) in [4.78, 5) is 12.1. The van der Waals surface area contributed by atoms with E-state index in [0.29, 0.717) is 6.07 Å². The van der Waals surface area contributed by atoms with Crippen LogP contribution < -0.4 is 5.32 Å². The molecule has 3 nitrogen and oxygen atoms in total. The highest BCUT2D eigenvalue weighted by atomic mass is 19.4. The highest BCUT2D eigenvalue weighted by Crippen LogP contribution is 2.44. The van der Waals surface area contributed by atoms with E-state index in [4.69, 9.17) is 4.74 Å². The van der Waals surface area contributed by atoms with Crippen LogP contribution in [-0.4, -0.2) is 19.2 Å². The van der Waals surface area contributed by atoms with Crippen molar-refractivity contribution in [1.29, 1.82) is 0 Å². The molecule has 0 heterocycles. The summed E-state index contributed by atoms with van der Waals surface area (Å²) in [5, 5.41) is 2.57. The first-order valence-electron chi connectivity index (χ1n) is 10.3. The molecule has 0 fully saturated rings. The van der Waals surface area contributed by atoms with E-state index < -0.39 is 23.7 Å². The minimum absolute atomic E-state index is 0.0567. The standard InChI is InChI=1S/C26H19F4NO2/c27-19-14-17(13-18(15-19)26(28,29)30)7-5-6-12-31-25(32)33-16-24-22-10-3-1-8-20(22)21-9-2-4-11-23(21)24/h1-4,8-11,13-15,24H,6,12,16H2,(H,31,32). The maximum absolute atomic E-state index is 13.4. The molecule has 0 spiro atoms. The molecule has 0 saturated carbocycles. The van der Waals surface area contributed by atoms with Gasteiger partial charge in [-0.2, -0.15) is 13.2 Å². The van der Waals surface area contributed by atoms with Crippen molar-refractivity contribution in [3.05, 3.63) is 94.8 Å². The molecule has 1 N–H and O–H groups in total. The average Bonchev–Trinajstić information content (AvgIpc) is 3.10. The van der Waals surface area contributed by atoms with Gasteiger partial charge in [-0.15, -0.1) is 0 Å². The number of ether oxygens (including phenoxy) is 1. The van der Waals surface area contributed by atoms with Crippen LogP contribution in [0.5, 0.6) is 0 Å². The van der Waals surface area contributed by atoms with E-state index in [0.717, 1.165) is 34.4 Å². The van der Waals surface area contributed by atoms with Crippen LogP contribution >= 0.6 is 0 Å². The van der Waals surface area contributed by atoms with Gasteiger partial charge in [0.25, 0.3) is 0 Å². The lowest BCUT2D eigenvalue weighted by atomic mass is 9.98. The van der Waals surface area contributed by atoms with Crippen molar-refractivity contribution in [1.82, 2.24) is 5.32 Å². The second-order valence-corrected chi connectivity index (χ2v) is 7.53. The van der Waals surface area contributed by atoms with Crippen LogP contribution in [0.15, 0.2) is 66.7 Å². The Hall–Kier alpha value is -3.79. The van der Waals surface area contributed by atoms with E-state index in [2.05, 4.69) is 17.2 Å². The third kappa shape index (κ3) is 5.17. The number of hydrogen-bond acceptors (Lipinski definition) is 2. The fraction of sp³-hybridized carbons (Fsp3) is 0.192. The number of hydrogen-bond donors (Lipinski definition) is 1. The summed E-state index contributed by atoms with van der Waals surface area (Å²) in [6.45, 7) is 0.320. The van der Waals surface area contributed by atoms with Crippen LogP contribution in [0, 0.1) is 17.7 Å². The average molecular weight is 453 g/mol. The molecular formula is C26H19F4NO2. The number of rotatable bonds is 4. The van der Waals surface area contributed by atoms with Gasteiger partial charge in [-0.3, -0.25) is 0 Å². The number of carbonyl (C=O) groups excluding carboxylic acids is 1. The highest BCUT2D eigenvalue weighted by Gasteiger charge is 2.31. The van der Waals surface area contributed by atoms with E-state index in [-0.39, 0.29) is 31.1 Å². The summed E-state index contributed by atoms with van der Waals surface area (Å²) in [7, 11) is 0. The Kier molecular flexibility index (Phi) is 6.36. The third-order valence-corrected chi connectivity index (χ3v) is 5.32. The van der Waals surface area contributed by atoms with Gasteiger partial charge in [0.05, 0.1) is 5.56 Å². The first-order chi connectivity index (χ1) is 15.8. The predicted molar refractivity (Wildman–Crippen MR) is 116 cm³/mol. The minimum atomic E-state index is -4.65. The monoisotopic (exact) mass is 453 g/mol. The van der Waals surface area contributed by atoms with Gasteiger partial charge in [-0.25, -0.2) is 9.18 Å². The molecule has 168 valence electrons. The zero-order valence-electron chi connectivity index (χ0n) is 17.4. The van der Waals surface area contributed by atoms with E-state index in [1.807, 2.05) is 48.5 Å².